The van der Waals surface area contributed by atoms with Crippen molar-refractivity contribution >= 4 is 16.8 Å². The van der Waals surface area contributed by atoms with E-state index < -0.39 is 5.91 Å². The van der Waals surface area contributed by atoms with Crippen LogP contribution in [0.25, 0.3) is 10.9 Å². The van der Waals surface area contributed by atoms with Gasteiger partial charge in [-0.2, -0.15) is 0 Å². The van der Waals surface area contributed by atoms with E-state index in [2.05, 4.69) is 4.98 Å². The lowest BCUT2D eigenvalue weighted by Gasteiger charge is -2.07. The standard InChI is InChI=1S/C11H10N2O2/c1-15-10-8(11(12)14)5-4-7-3-2-6-13-9(7)10/h2-6H,1H3,(H2,12,14). The van der Waals surface area contributed by atoms with Crippen LogP contribution in [0, 0.1) is 0 Å². The molecule has 1 aromatic heterocycles. The van der Waals surface area contributed by atoms with Gasteiger partial charge in [0.1, 0.15) is 5.52 Å². The number of hydrogen-bond acceptors (Lipinski definition) is 3. The molecule has 0 radical (unpaired) electrons. The number of primary amides is 1. The van der Waals surface area contributed by atoms with Crippen molar-refractivity contribution < 1.29 is 9.53 Å². The van der Waals surface area contributed by atoms with Gasteiger partial charge in [0.25, 0.3) is 5.91 Å². The summed E-state index contributed by atoms with van der Waals surface area (Å²) in [5.74, 6) is -0.0833. The predicted molar refractivity (Wildman–Crippen MR) is 56.8 cm³/mol. The fourth-order valence-electron chi connectivity index (χ4n) is 1.52. The molecule has 0 bridgehead atoms. The van der Waals surface area contributed by atoms with Gasteiger partial charge in [-0.1, -0.05) is 12.1 Å². The van der Waals surface area contributed by atoms with Crippen molar-refractivity contribution in [1.29, 1.82) is 0 Å². The third-order valence-electron chi connectivity index (χ3n) is 2.20. The van der Waals surface area contributed by atoms with E-state index in [0.717, 1.165) is 5.39 Å². The highest BCUT2D eigenvalue weighted by Crippen LogP contribution is 2.27. The number of amides is 1. The van der Waals surface area contributed by atoms with Crippen LogP contribution >= 0.6 is 0 Å². The van der Waals surface area contributed by atoms with Crippen LogP contribution in [0.3, 0.4) is 0 Å². The number of benzene rings is 1. The number of pyridine rings is 1. The second-order valence-corrected chi connectivity index (χ2v) is 3.09. The lowest BCUT2D eigenvalue weighted by Crippen LogP contribution is -2.12. The molecule has 2 aromatic rings. The molecule has 0 unspecified atom stereocenters. The number of fused-ring (bicyclic) bond motifs is 1. The fraction of sp³-hybridized carbons (Fsp3) is 0.0909. The first-order valence-corrected chi connectivity index (χ1v) is 4.45. The van der Waals surface area contributed by atoms with E-state index in [1.54, 1.807) is 18.3 Å². The normalized spacial score (nSPS) is 10.2. The highest BCUT2D eigenvalue weighted by Gasteiger charge is 2.12. The molecule has 2 N–H and O–H groups in total. The Morgan fingerprint density at radius 2 is 2.20 bits per heavy atom. The second-order valence-electron chi connectivity index (χ2n) is 3.09. The molecule has 1 amide bonds. The van der Waals surface area contributed by atoms with E-state index in [0.29, 0.717) is 16.8 Å². The van der Waals surface area contributed by atoms with Gasteiger partial charge in [-0.25, -0.2) is 0 Å². The number of aromatic nitrogens is 1. The molecule has 0 saturated heterocycles. The maximum atomic E-state index is 11.1. The molecule has 0 aliphatic rings. The fourth-order valence-corrected chi connectivity index (χ4v) is 1.52. The topological polar surface area (TPSA) is 65.2 Å². The van der Waals surface area contributed by atoms with Gasteiger partial charge in [0.05, 0.1) is 12.7 Å². The summed E-state index contributed by atoms with van der Waals surface area (Å²) in [5.41, 5.74) is 6.23. The van der Waals surface area contributed by atoms with Crippen LogP contribution in [0.15, 0.2) is 30.5 Å². The molecule has 4 heteroatoms. The van der Waals surface area contributed by atoms with Gasteiger partial charge in [-0.3, -0.25) is 9.78 Å². The molecule has 15 heavy (non-hydrogen) atoms. The zero-order valence-corrected chi connectivity index (χ0v) is 8.23. The first kappa shape index (κ1) is 9.45. The van der Waals surface area contributed by atoms with Crippen LogP contribution < -0.4 is 10.5 Å². The number of nitrogens with two attached hydrogens (primary N) is 1. The second kappa shape index (κ2) is 3.57. The Morgan fingerprint density at radius 3 is 2.87 bits per heavy atom. The number of carbonyl (C=O) groups excluding carboxylic acids is 1. The van der Waals surface area contributed by atoms with Crippen LogP contribution in [-0.2, 0) is 0 Å². The van der Waals surface area contributed by atoms with Crippen LogP contribution in [0.2, 0.25) is 0 Å². The van der Waals surface area contributed by atoms with Gasteiger partial charge in [0.2, 0.25) is 0 Å². The van der Waals surface area contributed by atoms with Crippen LogP contribution in [0.4, 0.5) is 0 Å². The van der Waals surface area contributed by atoms with Gasteiger partial charge in [0, 0.05) is 11.6 Å². The smallest absolute Gasteiger partial charge is 0.252 e. The Hall–Kier alpha value is -2.10. The third-order valence-corrected chi connectivity index (χ3v) is 2.20. The highest BCUT2D eigenvalue weighted by atomic mass is 16.5. The van der Waals surface area contributed by atoms with Crippen molar-refractivity contribution in [3.05, 3.63) is 36.0 Å². The Bertz CT molecular complexity index is 523. The minimum Gasteiger partial charge on any atom is -0.494 e. The molecule has 0 fully saturated rings. The molecule has 4 nitrogen and oxygen atoms in total. The van der Waals surface area contributed by atoms with E-state index >= 15 is 0 Å². The maximum Gasteiger partial charge on any atom is 0.252 e. The van der Waals surface area contributed by atoms with Crippen molar-refractivity contribution in [3.63, 3.8) is 0 Å². The molecule has 0 atom stereocenters. The van der Waals surface area contributed by atoms with Crippen molar-refractivity contribution in [1.82, 2.24) is 4.98 Å². The van der Waals surface area contributed by atoms with E-state index in [9.17, 15) is 4.79 Å². The van der Waals surface area contributed by atoms with Crippen molar-refractivity contribution in [3.8, 4) is 5.75 Å². The Kier molecular flexibility index (Phi) is 2.25. The molecule has 0 aliphatic heterocycles. The molecular weight excluding hydrogens is 192 g/mol. The summed E-state index contributed by atoms with van der Waals surface area (Å²) < 4.78 is 5.16. The van der Waals surface area contributed by atoms with E-state index in [4.69, 9.17) is 10.5 Å². The van der Waals surface area contributed by atoms with E-state index in [-0.39, 0.29) is 0 Å². The van der Waals surface area contributed by atoms with Crippen LogP contribution in [0.1, 0.15) is 10.4 Å². The van der Waals surface area contributed by atoms with Gasteiger partial charge in [-0.05, 0) is 12.1 Å². The van der Waals surface area contributed by atoms with E-state index in [1.807, 2.05) is 12.1 Å². The molecule has 2 rings (SSSR count). The summed E-state index contributed by atoms with van der Waals surface area (Å²) in [4.78, 5) is 15.3. The highest BCUT2D eigenvalue weighted by molar-refractivity contribution is 6.01. The minimum absolute atomic E-state index is 0.351. The maximum absolute atomic E-state index is 11.1. The van der Waals surface area contributed by atoms with Crippen LogP contribution in [-0.4, -0.2) is 18.0 Å². The van der Waals surface area contributed by atoms with Crippen molar-refractivity contribution in [2.24, 2.45) is 5.73 Å². The zero-order chi connectivity index (χ0) is 10.8. The molecule has 0 spiro atoms. The number of nitrogens with zero attached hydrogens (tertiary/aromatic N) is 1. The number of hydrogen-bond donors (Lipinski definition) is 1. The van der Waals surface area contributed by atoms with Gasteiger partial charge >= 0.3 is 0 Å². The summed E-state index contributed by atoms with van der Waals surface area (Å²) in [6, 6.07) is 7.16. The quantitative estimate of drug-likeness (QED) is 0.799. The molecule has 1 aromatic carbocycles. The average Bonchev–Trinajstić information content (AvgIpc) is 2.27. The summed E-state index contributed by atoms with van der Waals surface area (Å²) in [5, 5.41) is 0.916. The molecule has 0 saturated carbocycles. The third kappa shape index (κ3) is 1.50. The summed E-state index contributed by atoms with van der Waals surface area (Å²) in [6.07, 6.45) is 1.65. The number of methoxy groups -OCH3 is 1. The lowest BCUT2D eigenvalue weighted by molar-refractivity contribution is 0.0997. The Balaban J connectivity index is 2.81. The number of rotatable bonds is 2. The SMILES string of the molecule is COc1c(C(N)=O)ccc2cccnc12. The first-order chi connectivity index (χ1) is 7.24. The van der Waals surface area contributed by atoms with Gasteiger partial charge < -0.3 is 10.5 Å². The van der Waals surface area contributed by atoms with Crippen molar-refractivity contribution in [2.45, 2.75) is 0 Å². The summed E-state index contributed by atoms with van der Waals surface area (Å²) in [7, 11) is 1.50. The predicted octanol–water partition coefficient (Wildman–Crippen LogP) is 1.34. The molecular formula is C11H10N2O2. The monoisotopic (exact) mass is 202 g/mol. The largest absolute Gasteiger partial charge is 0.494 e. The average molecular weight is 202 g/mol. The summed E-state index contributed by atoms with van der Waals surface area (Å²) >= 11 is 0. The molecule has 0 aliphatic carbocycles. The Morgan fingerprint density at radius 1 is 1.40 bits per heavy atom. The first-order valence-electron chi connectivity index (χ1n) is 4.45. The minimum atomic E-state index is -0.514. The molecule has 1 heterocycles. The van der Waals surface area contributed by atoms with Crippen LogP contribution in [0.5, 0.6) is 5.75 Å². The summed E-state index contributed by atoms with van der Waals surface area (Å²) in [6.45, 7) is 0. The lowest BCUT2D eigenvalue weighted by atomic mass is 10.1. The van der Waals surface area contributed by atoms with Gasteiger partial charge in [0.15, 0.2) is 5.75 Å². The number of carbonyl (C=O) groups is 1. The van der Waals surface area contributed by atoms with Crippen molar-refractivity contribution in [2.75, 3.05) is 7.11 Å². The Labute approximate surface area is 86.7 Å². The van der Waals surface area contributed by atoms with E-state index in [1.165, 1.54) is 7.11 Å². The zero-order valence-electron chi connectivity index (χ0n) is 8.23. The molecule has 76 valence electrons. The number of ether oxygens (including phenoxy) is 1. The van der Waals surface area contributed by atoms with Gasteiger partial charge in [-0.15, -0.1) is 0 Å².